The number of aromatic nitrogens is 3. The maximum atomic E-state index is 5.31. The largest absolute Gasteiger partial charge is 0.208 e. The summed E-state index contributed by atoms with van der Waals surface area (Å²) in [5, 5.41) is 4.72. The number of thiophene rings is 1. The van der Waals surface area contributed by atoms with E-state index in [9.17, 15) is 0 Å². The predicted molar refractivity (Wildman–Crippen MR) is 197 cm³/mol. The van der Waals surface area contributed by atoms with E-state index in [1.54, 1.807) is 11.3 Å². The molecule has 0 bridgehead atoms. The molecule has 2 aromatic heterocycles. The van der Waals surface area contributed by atoms with Crippen molar-refractivity contribution in [1.82, 2.24) is 15.0 Å². The fourth-order valence-electron chi connectivity index (χ4n) is 6.47. The quantitative estimate of drug-likeness (QED) is 0.193. The van der Waals surface area contributed by atoms with Crippen LogP contribution in [0.15, 0.2) is 164 Å². The summed E-state index contributed by atoms with van der Waals surface area (Å²) in [5.74, 6) is 1.97. The van der Waals surface area contributed by atoms with Crippen LogP contribution in [0.4, 0.5) is 0 Å². The lowest BCUT2D eigenvalue weighted by molar-refractivity contribution is 1.08. The Labute approximate surface area is 276 Å². The van der Waals surface area contributed by atoms with Gasteiger partial charge < -0.3 is 0 Å². The number of hydrogen-bond acceptors (Lipinski definition) is 4. The van der Waals surface area contributed by atoms with Crippen molar-refractivity contribution in [1.29, 1.82) is 0 Å². The molecule has 9 rings (SSSR count). The van der Waals surface area contributed by atoms with E-state index in [4.69, 9.17) is 15.0 Å². The molecule has 0 saturated carbocycles. The summed E-state index contributed by atoms with van der Waals surface area (Å²) >= 11 is 1.79. The van der Waals surface area contributed by atoms with Crippen LogP contribution in [0.3, 0.4) is 0 Å². The van der Waals surface area contributed by atoms with Gasteiger partial charge in [0.05, 0.1) is 0 Å². The minimum Gasteiger partial charge on any atom is -0.208 e. The van der Waals surface area contributed by atoms with Crippen LogP contribution >= 0.6 is 11.3 Å². The smallest absolute Gasteiger partial charge is 0.165 e. The molecule has 7 aromatic carbocycles. The van der Waals surface area contributed by atoms with Gasteiger partial charge in [-0.2, -0.15) is 0 Å². The summed E-state index contributed by atoms with van der Waals surface area (Å²) in [4.78, 5) is 15.7. The maximum absolute atomic E-state index is 5.31. The average Bonchev–Trinajstić information content (AvgIpc) is 3.54. The number of rotatable bonds is 5. The Hall–Kier alpha value is -5.97. The molecular formula is C43H27N3S. The van der Waals surface area contributed by atoms with Gasteiger partial charge in [0.2, 0.25) is 0 Å². The maximum Gasteiger partial charge on any atom is 0.165 e. The summed E-state index contributed by atoms with van der Waals surface area (Å²) in [5.41, 5.74) is 7.50. The molecule has 0 spiro atoms. The summed E-state index contributed by atoms with van der Waals surface area (Å²) in [6, 6.07) is 57.4. The first-order chi connectivity index (χ1) is 23.3. The highest BCUT2D eigenvalue weighted by molar-refractivity contribution is 7.26. The van der Waals surface area contributed by atoms with E-state index < -0.39 is 0 Å². The van der Waals surface area contributed by atoms with Gasteiger partial charge in [-0.15, -0.1) is 11.3 Å². The van der Waals surface area contributed by atoms with E-state index in [2.05, 4.69) is 152 Å². The molecule has 0 fully saturated rings. The van der Waals surface area contributed by atoms with E-state index >= 15 is 0 Å². The zero-order valence-corrected chi connectivity index (χ0v) is 26.2. The van der Waals surface area contributed by atoms with E-state index in [1.807, 2.05) is 12.1 Å². The molecule has 0 radical (unpaired) electrons. The molecule has 4 heteroatoms. The monoisotopic (exact) mass is 617 g/mol. The van der Waals surface area contributed by atoms with Crippen LogP contribution in [-0.2, 0) is 0 Å². The molecule has 0 atom stereocenters. The van der Waals surface area contributed by atoms with Crippen molar-refractivity contribution in [3.8, 4) is 56.4 Å². The molecule has 220 valence electrons. The van der Waals surface area contributed by atoms with Crippen molar-refractivity contribution in [2.45, 2.75) is 0 Å². The molecule has 0 aliphatic heterocycles. The van der Waals surface area contributed by atoms with E-state index in [0.29, 0.717) is 17.5 Å². The van der Waals surface area contributed by atoms with Gasteiger partial charge in [0, 0.05) is 36.9 Å². The normalized spacial score (nSPS) is 11.4. The van der Waals surface area contributed by atoms with Crippen LogP contribution in [0.25, 0.3) is 87.4 Å². The zero-order chi connectivity index (χ0) is 31.2. The second-order valence-corrected chi connectivity index (χ2v) is 12.7. The fourth-order valence-corrected chi connectivity index (χ4v) is 7.69. The second kappa shape index (κ2) is 11.4. The van der Waals surface area contributed by atoms with Crippen LogP contribution in [0.5, 0.6) is 0 Å². The molecule has 9 aromatic rings. The zero-order valence-electron chi connectivity index (χ0n) is 25.3. The molecule has 47 heavy (non-hydrogen) atoms. The van der Waals surface area contributed by atoms with Crippen molar-refractivity contribution in [3.05, 3.63) is 164 Å². The third kappa shape index (κ3) is 4.87. The fraction of sp³-hybridized carbons (Fsp3) is 0. The van der Waals surface area contributed by atoms with Crippen molar-refractivity contribution >= 4 is 42.3 Å². The first-order valence-corrected chi connectivity index (χ1v) is 16.5. The lowest BCUT2D eigenvalue weighted by Gasteiger charge is -2.15. The number of hydrogen-bond donors (Lipinski definition) is 0. The highest BCUT2D eigenvalue weighted by Crippen LogP contribution is 2.41. The van der Waals surface area contributed by atoms with E-state index in [0.717, 1.165) is 44.2 Å². The van der Waals surface area contributed by atoms with Gasteiger partial charge in [0.25, 0.3) is 0 Å². The van der Waals surface area contributed by atoms with E-state index in [-0.39, 0.29) is 0 Å². The highest BCUT2D eigenvalue weighted by atomic mass is 32.1. The molecule has 0 amide bonds. The first-order valence-electron chi connectivity index (χ1n) is 15.7. The Morgan fingerprint density at radius 2 is 0.936 bits per heavy atom. The minimum atomic E-state index is 0.648. The number of benzene rings is 7. The van der Waals surface area contributed by atoms with Crippen LogP contribution in [0, 0.1) is 0 Å². The molecule has 0 N–H and O–H groups in total. The molecule has 0 unspecified atom stereocenters. The Kier molecular flexibility index (Phi) is 6.65. The third-order valence-corrected chi connectivity index (χ3v) is 9.99. The lowest BCUT2D eigenvalue weighted by atomic mass is 9.93. The molecular weight excluding hydrogens is 591 g/mol. The first kappa shape index (κ1) is 27.3. The number of fused-ring (bicyclic) bond motifs is 4. The van der Waals surface area contributed by atoms with Gasteiger partial charge in [-0.25, -0.2) is 15.0 Å². The third-order valence-electron chi connectivity index (χ3n) is 8.77. The average molecular weight is 618 g/mol. The SMILES string of the molecule is c1ccc(-c2ccc(-c3nc(-c4c(-c5ccccc5)ccc5ccccc45)nc(-c4cccc5c4sc4ccccc45)n3)cc2)cc1. The van der Waals surface area contributed by atoms with Crippen LogP contribution in [0.1, 0.15) is 0 Å². The summed E-state index contributed by atoms with van der Waals surface area (Å²) < 4.78 is 2.43. The van der Waals surface area contributed by atoms with Crippen molar-refractivity contribution in [2.75, 3.05) is 0 Å². The standard InChI is InChI=1S/C43H27N3S/c1-3-12-28(13-4-1)29-22-24-32(25-23-29)41-44-42(37-20-11-19-36-35-18-9-10-21-38(35)47-40(36)37)46-43(45-41)39-33-17-8-7-16-31(33)26-27-34(39)30-14-5-2-6-15-30/h1-27H. The molecule has 0 aliphatic carbocycles. The molecule has 3 nitrogen and oxygen atoms in total. The second-order valence-electron chi connectivity index (χ2n) is 11.6. The van der Waals surface area contributed by atoms with Gasteiger partial charge in [-0.1, -0.05) is 152 Å². The Balaban J connectivity index is 1.32. The summed E-state index contributed by atoms with van der Waals surface area (Å²) in [6.07, 6.45) is 0. The van der Waals surface area contributed by atoms with Gasteiger partial charge in [-0.3, -0.25) is 0 Å². The Morgan fingerprint density at radius 3 is 1.74 bits per heavy atom. The summed E-state index contributed by atoms with van der Waals surface area (Å²) in [6.45, 7) is 0. The molecule has 0 aliphatic rings. The van der Waals surface area contributed by atoms with Crippen LogP contribution in [0.2, 0.25) is 0 Å². The lowest BCUT2D eigenvalue weighted by Crippen LogP contribution is -2.02. The predicted octanol–water partition coefficient (Wildman–Crippen LogP) is 11.7. The van der Waals surface area contributed by atoms with Crippen molar-refractivity contribution in [2.24, 2.45) is 0 Å². The van der Waals surface area contributed by atoms with Crippen LogP contribution in [-0.4, -0.2) is 15.0 Å². The van der Waals surface area contributed by atoms with Crippen molar-refractivity contribution in [3.63, 3.8) is 0 Å². The number of nitrogens with zero attached hydrogens (tertiary/aromatic N) is 3. The topological polar surface area (TPSA) is 38.7 Å². The Morgan fingerprint density at radius 1 is 0.340 bits per heavy atom. The molecule has 2 heterocycles. The van der Waals surface area contributed by atoms with Gasteiger partial charge in [0.1, 0.15) is 0 Å². The molecule has 0 saturated heterocycles. The van der Waals surface area contributed by atoms with E-state index in [1.165, 1.54) is 25.7 Å². The summed E-state index contributed by atoms with van der Waals surface area (Å²) in [7, 11) is 0. The van der Waals surface area contributed by atoms with Gasteiger partial charge >= 0.3 is 0 Å². The van der Waals surface area contributed by atoms with Crippen molar-refractivity contribution < 1.29 is 0 Å². The highest BCUT2D eigenvalue weighted by Gasteiger charge is 2.20. The van der Waals surface area contributed by atoms with Crippen LogP contribution < -0.4 is 0 Å². The Bertz CT molecular complexity index is 2550. The van der Waals surface area contributed by atoms with Gasteiger partial charge in [0.15, 0.2) is 17.5 Å². The van der Waals surface area contributed by atoms with Gasteiger partial charge in [-0.05, 0) is 45.2 Å². The minimum absolute atomic E-state index is 0.648.